The third-order valence-electron chi connectivity index (χ3n) is 2.67. The third-order valence-corrected chi connectivity index (χ3v) is 2.67. The van der Waals surface area contributed by atoms with E-state index in [9.17, 15) is 10.1 Å². The zero-order valence-corrected chi connectivity index (χ0v) is 11.4. The van der Waals surface area contributed by atoms with Crippen molar-refractivity contribution in [3.8, 4) is 6.07 Å². The van der Waals surface area contributed by atoms with Crippen LogP contribution in [0.5, 0.6) is 0 Å². The highest BCUT2D eigenvalue weighted by Crippen LogP contribution is 2.36. The minimum absolute atomic E-state index is 0.313. The molecule has 0 bridgehead atoms. The summed E-state index contributed by atoms with van der Waals surface area (Å²) in [5, 5.41) is 9.19. The Morgan fingerprint density at radius 3 is 2.35 bits per heavy atom. The highest BCUT2D eigenvalue weighted by molar-refractivity contribution is 5.69. The van der Waals surface area contributed by atoms with E-state index in [1.165, 1.54) is 0 Å². The molecular formula is C13H22N2O2. The van der Waals surface area contributed by atoms with Crippen LogP contribution in [0.3, 0.4) is 0 Å². The number of nitrogens with zero attached hydrogens (tertiary/aromatic N) is 2. The van der Waals surface area contributed by atoms with Crippen molar-refractivity contribution in [3.05, 3.63) is 0 Å². The Labute approximate surface area is 104 Å². The van der Waals surface area contributed by atoms with Crippen molar-refractivity contribution in [2.45, 2.75) is 46.6 Å². The fourth-order valence-electron chi connectivity index (χ4n) is 2.17. The van der Waals surface area contributed by atoms with Gasteiger partial charge in [0.25, 0.3) is 0 Å². The van der Waals surface area contributed by atoms with Crippen molar-refractivity contribution in [2.24, 2.45) is 11.3 Å². The average Bonchev–Trinajstić information content (AvgIpc) is 2.06. The number of carbonyl (C=O) groups is 1. The summed E-state index contributed by atoms with van der Waals surface area (Å²) in [5.41, 5.74) is -0.828. The molecule has 17 heavy (non-hydrogen) atoms. The highest BCUT2D eigenvalue weighted by Gasteiger charge is 2.47. The second-order valence-electron chi connectivity index (χ2n) is 6.33. The predicted octanol–water partition coefficient (Wildman–Crippen LogP) is 2.79. The molecule has 1 amide bonds. The van der Waals surface area contributed by atoms with Crippen molar-refractivity contribution >= 4 is 6.09 Å². The van der Waals surface area contributed by atoms with E-state index in [4.69, 9.17) is 4.74 Å². The lowest BCUT2D eigenvalue weighted by Gasteiger charge is -2.46. The molecule has 1 heterocycles. The highest BCUT2D eigenvalue weighted by atomic mass is 16.6. The van der Waals surface area contributed by atoms with Gasteiger partial charge in [0.15, 0.2) is 0 Å². The molecule has 1 fully saturated rings. The fraction of sp³-hybridized carbons (Fsp3) is 0.846. The molecule has 1 aliphatic heterocycles. The monoisotopic (exact) mass is 238 g/mol. The average molecular weight is 238 g/mol. The van der Waals surface area contributed by atoms with Gasteiger partial charge in [-0.3, -0.25) is 0 Å². The van der Waals surface area contributed by atoms with Crippen LogP contribution in [0.4, 0.5) is 4.79 Å². The lowest BCUT2D eigenvalue weighted by atomic mass is 9.75. The van der Waals surface area contributed by atoms with Gasteiger partial charge < -0.3 is 9.64 Å². The van der Waals surface area contributed by atoms with Gasteiger partial charge in [-0.2, -0.15) is 5.26 Å². The molecule has 0 aromatic carbocycles. The molecule has 0 aliphatic carbocycles. The van der Waals surface area contributed by atoms with Crippen LogP contribution < -0.4 is 0 Å². The van der Waals surface area contributed by atoms with Crippen LogP contribution in [0.15, 0.2) is 0 Å². The summed E-state index contributed by atoms with van der Waals surface area (Å²) in [6, 6.07) is 2.34. The Hall–Kier alpha value is -1.24. The van der Waals surface area contributed by atoms with Crippen LogP contribution in [0.1, 0.15) is 41.0 Å². The van der Waals surface area contributed by atoms with E-state index < -0.39 is 5.60 Å². The molecule has 1 saturated heterocycles. The molecule has 0 saturated carbocycles. The number of ether oxygens (including phenoxy) is 1. The Balaban J connectivity index is 2.50. The summed E-state index contributed by atoms with van der Waals surface area (Å²) in [5.74, 6) is 0.468. The number of hydrogen-bond donors (Lipinski definition) is 0. The first-order valence-corrected chi connectivity index (χ1v) is 6.07. The van der Waals surface area contributed by atoms with Crippen molar-refractivity contribution in [1.82, 2.24) is 4.90 Å². The van der Waals surface area contributed by atoms with Gasteiger partial charge in [-0.1, -0.05) is 13.8 Å². The van der Waals surface area contributed by atoms with Gasteiger partial charge in [0, 0.05) is 13.1 Å². The maximum absolute atomic E-state index is 11.7. The van der Waals surface area contributed by atoms with Gasteiger partial charge in [0.2, 0.25) is 0 Å². The normalized spacial score (nSPS) is 18.5. The SMILES string of the molecule is CC(C)CC1(C#N)CN(C(=O)OC(C)(C)C)C1. The molecule has 0 atom stereocenters. The van der Waals surface area contributed by atoms with Crippen LogP contribution in [0, 0.1) is 22.7 Å². The zero-order chi connectivity index (χ0) is 13.3. The second-order valence-corrected chi connectivity index (χ2v) is 6.33. The second kappa shape index (κ2) is 4.56. The predicted molar refractivity (Wildman–Crippen MR) is 65.3 cm³/mol. The topological polar surface area (TPSA) is 53.3 Å². The Kier molecular flexibility index (Phi) is 3.71. The Morgan fingerprint density at radius 2 is 2.00 bits per heavy atom. The van der Waals surface area contributed by atoms with E-state index in [1.807, 2.05) is 20.8 Å². The van der Waals surface area contributed by atoms with E-state index in [0.717, 1.165) is 6.42 Å². The standard InChI is InChI=1S/C13H22N2O2/c1-10(2)6-13(7-14)8-15(9-13)11(16)17-12(3,4)5/h10H,6,8-9H2,1-5H3. The zero-order valence-electron chi connectivity index (χ0n) is 11.4. The molecule has 0 unspecified atom stereocenters. The van der Waals surface area contributed by atoms with Crippen LogP contribution in [-0.4, -0.2) is 29.7 Å². The summed E-state index contributed by atoms with van der Waals surface area (Å²) in [4.78, 5) is 13.3. The van der Waals surface area contributed by atoms with Crippen molar-refractivity contribution < 1.29 is 9.53 Å². The van der Waals surface area contributed by atoms with E-state index >= 15 is 0 Å². The van der Waals surface area contributed by atoms with Gasteiger partial charge >= 0.3 is 6.09 Å². The molecule has 0 N–H and O–H groups in total. The van der Waals surface area contributed by atoms with Gasteiger partial charge in [-0.05, 0) is 33.1 Å². The van der Waals surface area contributed by atoms with Crippen LogP contribution >= 0.6 is 0 Å². The minimum Gasteiger partial charge on any atom is -0.444 e. The van der Waals surface area contributed by atoms with Gasteiger partial charge in [-0.15, -0.1) is 0 Å². The molecule has 4 heteroatoms. The summed E-state index contributed by atoms with van der Waals surface area (Å²) in [7, 11) is 0. The molecule has 96 valence electrons. The van der Waals surface area contributed by atoms with E-state index in [2.05, 4.69) is 19.9 Å². The Bertz CT molecular complexity index is 330. The number of likely N-dealkylation sites (tertiary alicyclic amines) is 1. The number of rotatable bonds is 2. The molecule has 1 rings (SSSR count). The first kappa shape index (κ1) is 13.8. The summed E-state index contributed by atoms with van der Waals surface area (Å²) in [6.45, 7) is 10.7. The van der Waals surface area contributed by atoms with Crippen LogP contribution in [-0.2, 0) is 4.74 Å². The first-order valence-electron chi connectivity index (χ1n) is 6.07. The maximum atomic E-state index is 11.7. The lowest BCUT2D eigenvalue weighted by molar-refractivity contribution is -0.0214. The number of amides is 1. The van der Waals surface area contributed by atoms with Crippen LogP contribution in [0.2, 0.25) is 0 Å². The van der Waals surface area contributed by atoms with E-state index in [1.54, 1.807) is 4.90 Å². The largest absolute Gasteiger partial charge is 0.444 e. The molecule has 0 spiro atoms. The maximum Gasteiger partial charge on any atom is 0.410 e. The fourth-order valence-corrected chi connectivity index (χ4v) is 2.17. The first-order chi connectivity index (χ1) is 7.67. The van der Waals surface area contributed by atoms with Crippen LogP contribution in [0.25, 0.3) is 0 Å². The summed E-state index contributed by atoms with van der Waals surface area (Å²) < 4.78 is 5.26. The number of nitriles is 1. The van der Waals surface area contributed by atoms with Crippen molar-refractivity contribution in [2.75, 3.05) is 13.1 Å². The van der Waals surface area contributed by atoms with Crippen molar-refractivity contribution in [3.63, 3.8) is 0 Å². The molecule has 0 aromatic heterocycles. The van der Waals surface area contributed by atoms with E-state index in [0.29, 0.717) is 19.0 Å². The molecule has 0 radical (unpaired) electrons. The van der Waals surface area contributed by atoms with E-state index in [-0.39, 0.29) is 11.5 Å². The Morgan fingerprint density at radius 1 is 1.47 bits per heavy atom. The minimum atomic E-state index is -0.472. The number of carbonyl (C=O) groups excluding carboxylic acids is 1. The quantitative estimate of drug-likeness (QED) is 0.743. The summed E-state index contributed by atoms with van der Waals surface area (Å²) >= 11 is 0. The third kappa shape index (κ3) is 3.62. The summed E-state index contributed by atoms with van der Waals surface area (Å²) in [6.07, 6.45) is 0.523. The lowest BCUT2D eigenvalue weighted by Crippen LogP contribution is -2.59. The van der Waals surface area contributed by atoms with Crippen molar-refractivity contribution in [1.29, 1.82) is 5.26 Å². The molecular weight excluding hydrogens is 216 g/mol. The smallest absolute Gasteiger partial charge is 0.410 e. The van der Waals surface area contributed by atoms with Gasteiger partial charge in [-0.25, -0.2) is 4.79 Å². The molecule has 1 aliphatic rings. The molecule has 0 aromatic rings. The molecule has 4 nitrogen and oxygen atoms in total. The van der Waals surface area contributed by atoms with Gasteiger partial charge in [0.1, 0.15) is 5.60 Å². The van der Waals surface area contributed by atoms with Gasteiger partial charge in [0.05, 0.1) is 11.5 Å². The number of hydrogen-bond acceptors (Lipinski definition) is 3.